The highest BCUT2D eigenvalue weighted by molar-refractivity contribution is 5.91. The maximum absolute atomic E-state index is 11.5. The molecule has 0 spiro atoms. The number of carboxylic acid groups (broad SMARTS) is 1. The van der Waals surface area contributed by atoms with Crippen LogP contribution >= 0.6 is 0 Å². The first kappa shape index (κ1) is 19.5. The number of nitro benzene ring substituents is 1. The van der Waals surface area contributed by atoms with Crippen LogP contribution in [-0.4, -0.2) is 20.4 Å². The number of allylic oxidation sites excluding steroid dienone is 1. The Morgan fingerprint density at radius 2 is 1.97 bits per heavy atom. The first-order chi connectivity index (χ1) is 15.5. The van der Waals surface area contributed by atoms with Gasteiger partial charge in [-0.1, -0.05) is 30.3 Å². The van der Waals surface area contributed by atoms with Crippen molar-refractivity contribution in [3.05, 3.63) is 105 Å². The Morgan fingerprint density at radius 1 is 1.12 bits per heavy atom. The molecule has 1 aliphatic rings. The fourth-order valence-electron chi connectivity index (χ4n) is 3.92. The number of non-ortho nitro benzene ring substituents is 1. The van der Waals surface area contributed by atoms with E-state index in [0.717, 1.165) is 22.2 Å². The van der Waals surface area contributed by atoms with Gasteiger partial charge < -0.3 is 19.2 Å². The quantitative estimate of drug-likeness (QED) is 0.366. The van der Waals surface area contributed by atoms with Crippen molar-refractivity contribution >= 4 is 28.3 Å². The second-order valence-electron chi connectivity index (χ2n) is 7.39. The molecule has 0 bridgehead atoms. The highest BCUT2D eigenvalue weighted by atomic mass is 16.6. The molecule has 1 aliphatic heterocycles. The fourth-order valence-corrected chi connectivity index (χ4v) is 3.92. The highest BCUT2D eigenvalue weighted by Crippen LogP contribution is 2.37. The SMILES string of the molecule is O=C([O-])c1ccc2c(c1)/C(=C/Cn1cnc3cc([N+](=O)[O-])ccc31)c1ccccc1CO2. The minimum absolute atomic E-state index is 0.0142. The van der Waals surface area contributed by atoms with Crippen molar-refractivity contribution < 1.29 is 19.6 Å². The number of imidazole rings is 1. The van der Waals surface area contributed by atoms with E-state index in [1.54, 1.807) is 24.5 Å². The van der Waals surface area contributed by atoms with Gasteiger partial charge in [-0.2, -0.15) is 0 Å². The van der Waals surface area contributed by atoms with Crippen molar-refractivity contribution in [1.29, 1.82) is 0 Å². The zero-order chi connectivity index (χ0) is 22.2. The molecule has 3 aromatic carbocycles. The normalized spacial score (nSPS) is 13.8. The summed E-state index contributed by atoms with van der Waals surface area (Å²) in [5, 5.41) is 22.5. The van der Waals surface area contributed by atoms with E-state index < -0.39 is 10.9 Å². The van der Waals surface area contributed by atoms with E-state index in [1.807, 2.05) is 34.9 Å². The van der Waals surface area contributed by atoms with Gasteiger partial charge in [0, 0.05) is 24.2 Å². The zero-order valence-corrected chi connectivity index (χ0v) is 16.7. The molecule has 2 heterocycles. The summed E-state index contributed by atoms with van der Waals surface area (Å²) in [6, 6.07) is 17.0. The first-order valence-electron chi connectivity index (χ1n) is 9.87. The minimum Gasteiger partial charge on any atom is -0.545 e. The number of aromatic carboxylic acids is 1. The van der Waals surface area contributed by atoms with Gasteiger partial charge in [0.1, 0.15) is 12.4 Å². The molecule has 8 heteroatoms. The van der Waals surface area contributed by atoms with E-state index in [1.165, 1.54) is 18.2 Å². The molecule has 5 rings (SSSR count). The minimum atomic E-state index is -1.26. The van der Waals surface area contributed by atoms with Crippen molar-refractivity contribution in [3.63, 3.8) is 0 Å². The standard InChI is InChI=1S/C24H17N3O5/c28-24(29)15-5-8-23-20(11-15)19(18-4-2-1-3-16(18)13-32-23)9-10-26-14-25-21-12-17(27(30)31)6-7-22(21)26/h1-9,11-12,14H,10,13H2,(H,28,29)/p-1/b19-9+. The van der Waals surface area contributed by atoms with Crippen LogP contribution in [0.1, 0.15) is 27.0 Å². The summed E-state index contributed by atoms with van der Waals surface area (Å²) in [4.78, 5) is 26.3. The summed E-state index contributed by atoms with van der Waals surface area (Å²) in [7, 11) is 0. The Balaban J connectivity index is 1.62. The molecule has 0 saturated carbocycles. The van der Waals surface area contributed by atoms with Crippen LogP contribution in [0.5, 0.6) is 5.75 Å². The van der Waals surface area contributed by atoms with Crippen LogP contribution in [0.25, 0.3) is 16.6 Å². The molecule has 8 nitrogen and oxygen atoms in total. The third kappa shape index (κ3) is 3.37. The van der Waals surface area contributed by atoms with E-state index in [0.29, 0.717) is 30.0 Å². The summed E-state index contributed by atoms with van der Waals surface area (Å²) in [6.07, 6.45) is 3.61. The number of rotatable bonds is 4. The number of hydrogen-bond donors (Lipinski definition) is 0. The van der Waals surface area contributed by atoms with Crippen LogP contribution in [0.15, 0.2) is 73.1 Å². The monoisotopic (exact) mass is 426 g/mol. The number of carboxylic acids is 1. The molecule has 0 unspecified atom stereocenters. The summed E-state index contributed by atoms with van der Waals surface area (Å²) in [5.74, 6) is -0.671. The van der Waals surface area contributed by atoms with Crippen molar-refractivity contribution in [3.8, 4) is 5.75 Å². The summed E-state index contributed by atoms with van der Waals surface area (Å²) in [5.41, 5.74) is 4.77. The van der Waals surface area contributed by atoms with Gasteiger partial charge in [0.2, 0.25) is 0 Å². The van der Waals surface area contributed by atoms with Crippen LogP contribution in [-0.2, 0) is 13.2 Å². The molecule has 32 heavy (non-hydrogen) atoms. The van der Waals surface area contributed by atoms with Crippen molar-refractivity contribution in [2.24, 2.45) is 0 Å². The topological polar surface area (TPSA) is 110 Å². The van der Waals surface area contributed by atoms with Crippen LogP contribution in [0.4, 0.5) is 5.69 Å². The molecule has 0 N–H and O–H groups in total. The molecule has 0 amide bonds. The zero-order valence-electron chi connectivity index (χ0n) is 16.7. The smallest absolute Gasteiger partial charge is 0.271 e. The number of carbonyl (C=O) groups excluding carboxylic acids is 1. The first-order valence-corrected chi connectivity index (χ1v) is 9.87. The van der Waals surface area contributed by atoms with Gasteiger partial charge in [-0.15, -0.1) is 0 Å². The highest BCUT2D eigenvalue weighted by Gasteiger charge is 2.20. The Kier molecular flexibility index (Phi) is 4.67. The molecule has 4 aromatic rings. The number of nitro groups is 1. The lowest BCUT2D eigenvalue weighted by Gasteiger charge is -2.13. The Bertz CT molecular complexity index is 1420. The predicted octanol–water partition coefficient (Wildman–Crippen LogP) is 3.33. The van der Waals surface area contributed by atoms with Gasteiger partial charge in [-0.05, 0) is 46.5 Å². The van der Waals surface area contributed by atoms with Gasteiger partial charge >= 0.3 is 0 Å². The number of benzene rings is 3. The molecular formula is C24H16N3O5-. The van der Waals surface area contributed by atoms with Crippen molar-refractivity contribution in [2.45, 2.75) is 13.2 Å². The van der Waals surface area contributed by atoms with Crippen LogP contribution in [0.2, 0.25) is 0 Å². The molecule has 158 valence electrons. The average Bonchev–Trinajstić information content (AvgIpc) is 3.13. The van der Waals surface area contributed by atoms with E-state index in [4.69, 9.17) is 4.74 Å². The fraction of sp³-hybridized carbons (Fsp3) is 0.0833. The lowest BCUT2D eigenvalue weighted by Crippen LogP contribution is -2.22. The number of aromatic nitrogens is 2. The van der Waals surface area contributed by atoms with Crippen molar-refractivity contribution in [2.75, 3.05) is 0 Å². The second-order valence-corrected chi connectivity index (χ2v) is 7.39. The molecule has 0 radical (unpaired) electrons. The Morgan fingerprint density at radius 3 is 2.78 bits per heavy atom. The Labute approximate surface area is 182 Å². The van der Waals surface area contributed by atoms with Gasteiger partial charge in [-0.25, -0.2) is 4.98 Å². The maximum atomic E-state index is 11.5. The van der Waals surface area contributed by atoms with Gasteiger partial charge in [0.05, 0.1) is 28.3 Å². The summed E-state index contributed by atoms with van der Waals surface area (Å²) < 4.78 is 7.82. The van der Waals surface area contributed by atoms with E-state index in [9.17, 15) is 20.0 Å². The van der Waals surface area contributed by atoms with Gasteiger partial charge in [0.15, 0.2) is 0 Å². The largest absolute Gasteiger partial charge is 0.545 e. The lowest BCUT2D eigenvalue weighted by atomic mass is 9.93. The molecule has 0 aliphatic carbocycles. The second kappa shape index (κ2) is 7.66. The number of nitrogens with zero attached hydrogens (tertiary/aromatic N) is 3. The lowest BCUT2D eigenvalue weighted by molar-refractivity contribution is -0.384. The van der Waals surface area contributed by atoms with E-state index >= 15 is 0 Å². The average molecular weight is 426 g/mol. The molecule has 0 atom stereocenters. The number of hydrogen-bond acceptors (Lipinski definition) is 6. The summed E-state index contributed by atoms with van der Waals surface area (Å²) in [6.45, 7) is 0.788. The van der Waals surface area contributed by atoms with E-state index in [2.05, 4.69) is 4.98 Å². The maximum Gasteiger partial charge on any atom is 0.271 e. The number of fused-ring (bicyclic) bond motifs is 3. The number of carbonyl (C=O) groups is 1. The van der Waals surface area contributed by atoms with Crippen molar-refractivity contribution in [1.82, 2.24) is 9.55 Å². The van der Waals surface area contributed by atoms with Crippen LogP contribution < -0.4 is 9.84 Å². The molecular weight excluding hydrogens is 410 g/mol. The van der Waals surface area contributed by atoms with Crippen LogP contribution in [0.3, 0.4) is 0 Å². The molecule has 0 fully saturated rings. The van der Waals surface area contributed by atoms with Crippen LogP contribution in [0, 0.1) is 10.1 Å². The van der Waals surface area contributed by atoms with E-state index in [-0.39, 0.29) is 11.3 Å². The Hall–Kier alpha value is -4.46. The van der Waals surface area contributed by atoms with Gasteiger partial charge in [0.25, 0.3) is 5.69 Å². The summed E-state index contributed by atoms with van der Waals surface area (Å²) >= 11 is 0. The predicted molar refractivity (Wildman–Crippen MR) is 115 cm³/mol. The molecule has 0 saturated heterocycles. The number of ether oxygens (including phenoxy) is 1. The third-order valence-corrected chi connectivity index (χ3v) is 5.50. The molecule has 1 aromatic heterocycles. The third-order valence-electron chi connectivity index (χ3n) is 5.50. The van der Waals surface area contributed by atoms with Gasteiger partial charge in [-0.3, -0.25) is 10.1 Å².